The fraction of sp³-hybridized carbons (Fsp3) is 0.368. The first-order valence-corrected chi connectivity index (χ1v) is 7.82. The number of fused-ring (bicyclic) bond motifs is 1. The summed E-state index contributed by atoms with van der Waals surface area (Å²) in [5.41, 5.74) is 1.58. The number of methoxy groups -OCH3 is 3. The van der Waals surface area contributed by atoms with Gasteiger partial charge in [-0.3, -0.25) is 4.90 Å². The maximum absolute atomic E-state index is 11.5. The van der Waals surface area contributed by atoms with E-state index in [4.69, 9.17) is 14.2 Å². The largest absolute Gasteiger partial charge is 0.497 e. The van der Waals surface area contributed by atoms with Gasteiger partial charge in [0.05, 0.1) is 21.3 Å². The molecule has 0 bridgehead atoms. The van der Waals surface area contributed by atoms with Crippen LogP contribution in [0.2, 0.25) is 0 Å². The van der Waals surface area contributed by atoms with Crippen LogP contribution < -0.4 is 14.2 Å². The van der Waals surface area contributed by atoms with Gasteiger partial charge in [0.15, 0.2) is 11.5 Å². The summed E-state index contributed by atoms with van der Waals surface area (Å²) in [5.74, 6) is 2.05. The van der Waals surface area contributed by atoms with Crippen LogP contribution >= 0.6 is 0 Å². The second-order valence-corrected chi connectivity index (χ2v) is 6.13. The predicted molar refractivity (Wildman–Crippen MR) is 91.9 cm³/mol. The molecule has 1 N–H and O–H groups in total. The first-order valence-electron chi connectivity index (χ1n) is 7.82. The van der Waals surface area contributed by atoms with Gasteiger partial charge in [-0.25, -0.2) is 0 Å². The maximum Gasteiger partial charge on any atom is 0.161 e. The number of likely N-dealkylation sites (N-methyl/N-ethyl adjacent to an activating group) is 1. The van der Waals surface area contributed by atoms with Crippen LogP contribution in [0.15, 0.2) is 36.4 Å². The Bertz CT molecular complexity index is 729. The number of aliphatic hydroxyl groups is 1. The number of hydrogen-bond donors (Lipinski definition) is 1. The SMILES string of the molecule is COc1ccc(C2(O)CN(C)Cc3cc(OC)c(OC)cc32)cc1. The molecule has 0 radical (unpaired) electrons. The van der Waals surface area contributed by atoms with Gasteiger partial charge in [0, 0.05) is 13.1 Å². The zero-order chi connectivity index (χ0) is 17.3. The Balaban J connectivity index is 2.15. The third-order valence-corrected chi connectivity index (χ3v) is 4.56. The highest BCUT2D eigenvalue weighted by molar-refractivity contribution is 5.53. The van der Waals surface area contributed by atoms with Crippen molar-refractivity contribution in [3.8, 4) is 17.2 Å². The van der Waals surface area contributed by atoms with Gasteiger partial charge >= 0.3 is 0 Å². The zero-order valence-corrected chi connectivity index (χ0v) is 14.5. The molecule has 2 aromatic carbocycles. The Kier molecular flexibility index (Phi) is 4.39. The van der Waals surface area contributed by atoms with E-state index < -0.39 is 5.60 Å². The van der Waals surface area contributed by atoms with E-state index in [2.05, 4.69) is 4.90 Å². The molecule has 0 saturated carbocycles. The van der Waals surface area contributed by atoms with E-state index in [1.54, 1.807) is 21.3 Å². The van der Waals surface area contributed by atoms with E-state index in [-0.39, 0.29) is 0 Å². The molecule has 24 heavy (non-hydrogen) atoms. The first-order chi connectivity index (χ1) is 11.5. The second kappa shape index (κ2) is 6.34. The van der Waals surface area contributed by atoms with E-state index in [9.17, 15) is 5.11 Å². The Labute approximate surface area is 142 Å². The van der Waals surface area contributed by atoms with Crippen LogP contribution in [-0.4, -0.2) is 44.9 Å². The Morgan fingerprint density at radius 3 is 2.17 bits per heavy atom. The molecule has 0 spiro atoms. The molecule has 5 nitrogen and oxygen atoms in total. The molecule has 1 atom stereocenters. The van der Waals surface area contributed by atoms with Gasteiger partial charge in [-0.15, -0.1) is 0 Å². The van der Waals surface area contributed by atoms with E-state index >= 15 is 0 Å². The van der Waals surface area contributed by atoms with Crippen molar-refractivity contribution in [1.82, 2.24) is 4.90 Å². The van der Waals surface area contributed by atoms with Crippen molar-refractivity contribution < 1.29 is 19.3 Å². The Morgan fingerprint density at radius 1 is 0.958 bits per heavy atom. The zero-order valence-electron chi connectivity index (χ0n) is 14.5. The summed E-state index contributed by atoms with van der Waals surface area (Å²) < 4.78 is 16.0. The summed E-state index contributed by atoms with van der Waals surface area (Å²) in [6.45, 7) is 1.25. The quantitative estimate of drug-likeness (QED) is 0.933. The van der Waals surface area contributed by atoms with Crippen LogP contribution in [0.5, 0.6) is 17.2 Å². The van der Waals surface area contributed by atoms with Crippen molar-refractivity contribution in [2.45, 2.75) is 12.1 Å². The highest BCUT2D eigenvalue weighted by atomic mass is 16.5. The van der Waals surface area contributed by atoms with Crippen molar-refractivity contribution >= 4 is 0 Å². The van der Waals surface area contributed by atoms with E-state index in [0.717, 1.165) is 29.0 Å². The van der Waals surface area contributed by atoms with Crippen molar-refractivity contribution in [2.75, 3.05) is 34.9 Å². The third-order valence-electron chi connectivity index (χ3n) is 4.56. The van der Waals surface area contributed by atoms with Gasteiger partial charge in [0.2, 0.25) is 0 Å². The summed E-state index contributed by atoms with van der Waals surface area (Å²) >= 11 is 0. The molecule has 5 heteroatoms. The average molecular weight is 329 g/mol. The fourth-order valence-corrected chi connectivity index (χ4v) is 3.37. The Hall–Kier alpha value is -2.24. The molecular weight excluding hydrogens is 306 g/mol. The number of rotatable bonds is 4. The molecular formula is C19H23NO4. The van der Waals surface area contributed by atoms with Gasteiger partial charge in [0.1, 0.15) is 11.4 Å². The molecule has 1 heterocycles. The molecule has 0 fully saturated rings. The third kappa shape index (κ3) is 2.70. The maximum atomic E-state index is 11.5. The first kappa shape index (κ1) is 16.6. The number of ether oxygens (including phenoxy) is 3. The summed E-state index contributed by atoms with van der Waals surface area (Å²) in [5, 5.41) is 11.5. The minimum Gasteiger partial charge on any atom is -0.497 e. The molecule has 3 rings (SSSR count). The van der Waals surface area contributed by atoms with Gasteiger partial charge in [-0.05, 0) is 48.0 Å². The summed E-state index contributed by atoms with van der Waals surface area (Å²) in [6.07, 6.45) is 0. The lowest BCUT2D eigenvalue weighted by Gasteiger charge is -2.40. The molecule has 0 saturated heterocycles. The molecule has 1 aliphatic heterocycles. The molecule has 0 amide bonds. The van der Waals surface area contributed by atoms with Crippen LogP contribution in [0.1, 0.15) is 16.7 Å². The van der Waals surface area contributed by atoms with E-state index in [1.165, 1.54) is 0 Å². The van der Waals surface area contributed by atoms with Gasteiger partial charge in [-0.1, -0.05) is 12.1 Å². The van der Waals surface area contributed by atoms with Crippen molar-refractivity contribution in [1.29, 1.82) is 0 Å². The number of β-amino-alcohol motifs (C(OH)–C–C–N with tert-alkyl or cyclic N) is 1. The fourth-order valence-electron chi connectivity index (χ4n) is 3.37. The smallest absolute Gasteiger partial charge is 0.161 e. The topological polar surface area (TPSA) is 51.2 Å². The molecule has 1 unspecified atom stereocenters. The van der Waals surface area contributed by atoms with Crippen LogP contribution in [0.4, 0.5) is 0 Å². The standard InChI is InChI=1S/C19H23NO4/c1-20-11-13-9-17(23-3)18(24-4)10-16(13)19(21,12-20)14-5-7-15(22-2)8-6-14/h5-10,21H,11-12H2,1-4H3. The van der Waals surface area contributed by atoms with E-state index in [0.29, 0.717) is 18.0 Å². The average Bonchev–Trinajstić information content (AvgIpc) is 2.60. The number of benzene rings is 2. The Morgan fingerprint density at radius 2 is 1.58 bits per heavy atom. The normalized spacial score (nSPS) is 20.4. The van der Waals surface area contributed by atoms with Crippen molar-refractivity contribution in [3.05, 3.63) is 53.1 Å². The number of hydrogen-bond acceptors (Lipinski definition) is 5. The predicted octanol–water partition coefficient (Wildman–Crippen LogP) is 2.39. The molecule has 1 aliphatic rings. The number of nitrogens with zero attached hydrogens (tertiary/aromatic N) is 1. The summed E-state index contributed by atoms with van der Waals surface area (Å²) in [6, 6.07) is 11.4. The van der Waals surface area contributed by atoms with Gasteiger partial charge in [0.25, 0.3) is 0 Å². The van der Waals surface area contributed by atoms with Crippen molar-refractivity contribution in [3.63, 3.8) is 0 Å². The highest BCUT2D eigenvalue weighted by Crippen LogP contribution is 2.42. The lowest BCUT2D eigenvalue weighted by Crippen LogP contribution is -2.44. The van der Waals surface area contributed by atoms with Gasteiger partial charge in [-0.2, -0.15) is 0 Å². The molecule has 2 aromatic rings. The van der Waals surface area contributed by atoms with Crippen LogP contribution in [-0.2, 0) is 12.1 Å². The highest BCUT2D eigenvalue weighted by Gasteiger charge is 2.39. The minimum absolute atomic E-state index is 0.502. The van der Waals surface area contributed by atoms with Gasteiger partial charge < -0.3 is 19.3 Å². The van der Waals surface area contributed by atoms with Crippen molar-refractivity contribution in [2.24, 2.45) is 0 Å². The lowest BCUT2D eigenvalue weighted by atomic mass is 9.80. The monoisotopic (exact) mass is 329 g/mol. The molecule has 0 aromatic heterocycles. The second-order valence-electron chi connectivity index (χ2n) is 6.13. The molecule has 0 aliphatic carbocycles. The van der Waals surface area contributed by atoms with E-state index in [1.807, 2.05) is 43.4 Å². The van der Waals surface area contributed by atoms with Crippen LogP contribution in [0.25, 0.3) is 0 Å². The summed E-state index contributed by atoms with van der Waals surface area (Å²) in [4.78, 5) is 2.10. The summed E-state index contributed by atoms with van der Waals surface area (Å²) in [7, 11) is 6.84. The minimum atomic E-state index is -1.12. The van der Waals surface area contributed by atoms with Crippen LogP contribution in [0, 0.1) is 0 Å². The lowest BCUT2D eigenvalue weighted by molar-refractivity contribution is 0.0279. The van der Waals surface area contributed by atoms with Crippen LogP contribution in [0.3, 0.4) is 0 Å². The molecule has 128 valence electrons.